The lowest BCUT2D eigenvalue weighted by Crippen LogP contribution is -2.64. The Hall–Kier alpha value is -1.46. The van der Waals surface area contributed by atoms with Crippen molar-refractivity contribution in [3.8, 4) is 0 Å². The predicted molar refractivity (Wildman–Crippen MR) is 101 cm³/mol. The third-order valence-electron chi connectivity index (χ3n) is 5.62. The van der Waals surface area contributed by atoms with Gasteiger partial charge in [0.15, 0.2) is 0 Å². The second kappa shape index (κ2) is 7.83. The maximum absolute atomic E-state index is 12.7. The molecular weight excluding hydrogens is 312 g/mol. The molecule has 0 spiro atoms. The van der Waals surface area contributed by atoms with Gasteiger partial charge in [-0.15, -0.1) is 0 Å². The number of rotatable bonds is 5. The topological polar surface area (TPSA) is 39.7 Å². The first-order chi connectivity index (χ1) is 12.0. The fourth-order valence-electron chi connectivity index (χ4n) is 4.03. The second-order valence-electron chi connectivity index (χ2n) is 8.18. The summed E-state index contributed by atoms with van der Waals surface area (Å²) >= 11 is 0. The van der Waals surface area contributed by atoms with Crippen LogP contribution in [0.4, 0.5) is 0 Å². The van der Waals surface area contributed by atoms with E-state index in [1.54, 1.807) is 12.4 Å². The van der Waals surface area contributed by atoms with Crippen LogP contribution in [0, 0.1) is 12.8 Å². The highest BCUT2D eigenvalue weighted by molar-refractivity contribution is 5.95. The largest absolute Gasteiger partial charge is 0.335 e. The molecule has 0 unspecified atom stereocenters. The number of hydrogen-bond acceptors (Lipinski definition) is 4. The molecule has 1 aromatic rings. The molecule has 25 heavy (non-hydrogen) atoms. The summed E-state index contributed by atoms with van der Waals surface area (Å²) in [6, 6.07) is 3.09. The lowest BCUT2D eigenvalue weighted by Gasteiger charge is -2.50. The van der Waals surface area contributed by atoms with Gasteiger partial charge in [-0.05, 0) is 57.5 Å². The molecule has 0 saturated carbocycles. The second-order valence-corrected chi connectivity index (χ2v) is 8.18. The zero-order chi connectivity index (χ0) is 18.0. The summed E-state index contributed by atoms with van der Waals surface area (Å²) in [5.74, 6) is 0.791. The molecule has 0 atom stereocenters. The van der Waals surface area contributed by atoms with Gasteiger partial charge >= 0.3 is 0 Å². The Kier molecular flexibility index (Phi) is 5.74. The molecule has 138 valence electrons. The number of amides is 1. The number of likely N-dealkylation sites (tertiary alicyclic amines) is 2. The molecule has 0 radical (unpaired) electrons. The number of nitrogens with zero attached hydrogens (tertiary/aromatic N) is 4. The minimum absolute atomic E-state index is 0.134. The smallest absolute Gasteiger partial charge is 0.255 e. The molecule has 2 saturated heterocycles. The van der Waals surface area contributed by atoms with Gasteiger partial charge in [-0.25, -0.2) is 0 Å². The summed E-state index contributed by atoms with van der Waals surface area (Å²) in [7, 11) is 2.21. The number of pyridine rings is 1. The van der Waals surface area contributed by atoms with Crippen LogP contribution >= 0.6 is 0 Å². The summed E-state index contributed by atoms with van der Waals surface area (Å²) in [5.41, 5.74) is 1.76. The van der Waals surface area contributed by atoms with Crippen LogP contribution in [0.2, 0.25) is 0 Å². The van der Waals surface area contributed by atoms with E-state index in [-0.39, 0.29) is 5.91 Å². The first-order valence-corrected chi connectivity index (χ1v) is 9.60. The van der Waals surface area contributed by atoms with Crippen LogP contribution in [0.3, 0.4) is 0 Å². The highest BCUT2D eigenvalue weighted by Gasteiger charge is 2.39. The highest BCUT2D eigenvalue weighted by atomic mass is 16.2. The minimum atomic E-state index is 0.134. The average Bonchev–Trinajstić information content (AvgIpc) is 2.53. The Morgan fingerprint density at radius 2 is 1.96 bits per heavy atom. The maximum Gasteiger partial charge on any atom is 0.255 e. The van der Waals surface area contributed by atoms with Crippen LogP contribution in [0.1, 0.15) is 42.6 Å². The standard InChI is InChI=1S/C20H32N4O/c1-15(2)12-24(17-6-9-22(4)10-7-17)18-13-23(14-18)20(25)19-11-21-8-5-16(19)3/h5,8,11,15,17-18H,6-7,9-10,12-14H2,1-4H3. The molecule has 1 amide bonds. The van der Waals surface area contributed by atoms with Crippen molar-refractivity contribution < 1.29 is 4.79 Å². The van der Waals surface area contributed by atoms with Crippen molar-refractivity contribution >= 4 is 5.91 Å². The van der Waals surface area contributed by atoms with Crippen LogP contribution in [-0.2, 0) is 0 Å². The Balaban J connectivity index is 1.61. The maximum atomic E-state index is 12.7. The normalized spacial score (nSPS) is 20.3. The quantitative estimate of drug-likeness (QED) is 0.821. The SMILES string of the molecule is Cc1ccncc1C(=O)N1CC(N(CC(C)C)C2CCN(C)CC2)C1. The van der Waals surface area contributed by atoms with E-state index in [4.69, 9.17) is 0 Å². The zero-order valence-corrected chi connectivity index (χ0v) is 16.1. The Morgan fingerprint density at radius 3 is 2.56 bits per heavy atom. The summed E-state index contributed by atoms with van der Waals surface area (Å²) in [5, 5.41) is 0. The summed E-state index contributed by atoms with van der Waals surface area (Å²) < 4.78 is 0. The molecule has 3 rings (SSSR count). The van der Waals surface area contributed by atoms with Gasteiger partial charge in [-0.2, -0.15) is 0 Å². The number of aromatic nitrogens is 1. The van der Waals surface area contributed by atoms with Gasteiger partial charge in [0.2, 0.25) is 0 Å². The van der Waals surface area contributed by atoms with Crippen molar-refractivity contribution in [2.24, 2.45) is 5.92 Å². The summed E-state index contributed by atoms with van der Waals surface area (Å²) in [4.78, 5) is 23.9. The van der Waals surface area contributed by atoms with E-state index >= 15 is 0 Å². The van der Waals surface area contributed by atoms with Gasteiger partial charge in [0.05, 0.1) is 5.56 Å². The van der Waals surface area contributed by atoms with Gasteiger partial charge in [0.25, 0.3) is 5.91 Å². The molecule has 3 heterocycles. The molecule has 2 fully saturated rings. The number of hydrogen-bond donors (Lipinski definition) is 0. The van der Waals surface area contributed by atoms with Crippen molar-refractivity contribution in [3.63, 3.8) is 0 Å². The van der Waals surface area contributed by atoms with E-state index in [1.165, 1.54) is 25.9 Å². The number of carbonyl (C=O) groups is 1. The lowest BCUT2D eigenvalue weighted by atomic mass is 9.96. The third kappa shape index (κ3) is 4.21. The predicted octanol–water partition coefficient (Wildman–Crippen LogP) is 2.27. The van der Waals surface area contributed by atoms with Crippen molar-refractivity contribution in [1.29, 1.82) is 0 Å². The number of carbonyl (C=O) groups excluding carboxylic acids is 1. The van der Waals surface area contributed by atoms with E-state index in [0.29, 0.717) is 18.0 Å². The molecular formula is C20H32N4O. The van der Waals surface area contributed by atoms with Crippen LogP contribution < -0.4 is 0 Å². The van der Waals surface area contributed by atoms with E-state index in [1.807, 2.05) is 17.9 Å². The molecule has 0 aliphatic carbocycles. The molecule has 0 bridgehead atoms. The van der Waals surface area contributed by atoms with Crippen LogP contribution in [0.25, 0.3) is 0 Å². The first-order valence-electron chi connectivity index (χ1n) is 9.60. The van der Waals surface area contributed by atoms with Gasteiger partial charge in [-0.1, -0.05) is 13.8 Å². The van der Waals surface area contributed by atoms with Gasteiger partial charge in [-0.3, -0.25) is 14.7 Å². The Bertz CT molecular complexity index is 589. The molecule has 5 nitrogen and oxygen atoms in total. The van der Waals surface area contributed by atoms with Crippen molar-refractivity contribution in [3.05, 3.63) is 29.6 Å². The summed E-state index contributed by atoms with van der Waals surface area (Å²) in [6.45, 7) is 11.8. The van der Waals surface area contributed by atoms with Crippen LogP contribution in [0.15, 0.2) is 18.5 Å². The van der Waals surface area contributed by atoms with Crippen molar-refractivity contribution in [2.75, 3.05) is 39.8 Å². The van der Waals surface area contributed by atoms with Crippen molar-refractivity contribution in [2.45, 2.75) is 45.7 Å². The van der Waals surface area contributed by atoms with Gasteiger partial charge in [0.1, 0.15) is 0 Å². The monoisotopic (exact) mass is 344 g/mol. The molecule has 2 aliphatic heterocycles. The lowest BCUT2D eigenvalue weighted by molar-refractivity contribution is -0.00805. The zero-order valence-electron chi connectivity index (χ0n) is 16.1. The molecule has 2 aliphatic rings. The minimum Gasteiger partial charge on any atom is -0.335 e. The van der Waals surface area contributed by atoms with Gasteiger partial charge < -0.3 is 9.80 Å². The Labute approximate surface area is 152 Å². The summed E-state index contributed by atoms with van der Waals surface area (Å²) in [6.07, 6.45) is 5.94. The Morgan fingerprint density at radius 1 is 1.28 bits per heavy atom. The fraction of sp³-hybridized carbons (Fsp3) is 0.700. The highest BCUT2D eigenvalue weighted by Crippen LogP contribution is 2.26. The molecule has 0 aromatic carbocycles. The first kappa shape index (κ1) is 18.3. The van der Waals surface area contributed by atoms with Crippen molar-refractivity contribution in [1.82, 2.24) is 19.7 Å². The van der Waals surface area contributed by atoms with Crippen LogP contribution in [-0.4, -0.2) is 77.4 Å². The fourth-order valence-corrected chi connectivity index (χ4v) is 4.03. The third-order valence-corrected chi connectivity index (χ3v) is 5.62. The molecule has 0 N–H and O–H groups in total. The van der Waals surface area contributed by atoms with E-state index in [9.17, 15) is 4.79 Å². The molecule has 1 aromatic heterocycles. The van der Waals surface area contributed by atoms with Gasteiger partial charge in [0, 0.05) is 44.1 Å². The van der Waals surface area contributed by atoms with Crippen LogP contribution in [0.5, 0.6) is 0 Å². The van der Waals surface area contributed by atoms with E-state index < -0.39 is 0 Å². The number of piperidine rings is 1. The van der Waals surface area contributed by atoms with E-state index in [2.05, 4.69) is 35.7 Å². The molecule has 5 heteroatoms. The van der Waals surface area contributed by atoms with E-state index in [0.717, 1.165) is 30.8 Å². The number of aryl methyl sites for hydroxylation is 1. The average molecular weight is 345 g/mol.